The average Bonchev–Trinajstić information content (AvgIpc) is 2.43. The first-order valence-corrected chi connectivity index (χ1v) is 7.00. The van der Waals surface area contributed by atoms with Gasteiger partial charge in [-0.15, -0.1) is 0 Å². The first kappa shape index (κ1) is 14.1. The van der Waals surface area contributed by atoms with E-state index in [2.05, 4.69) is 27.3 Å². The molecular weight excluding hydrogens is 324 g/mol. The lowest BCUT2D eigenvalue weighted by Crippen LogP contribution is -2.12. The molecule has 0 fully saturated rings. The van der Waals surface area contributed by atoms with Gasteiger partial charge in [0.05, 0.1) is 16.7 Å². The fourth-order valence-electron chi connectivity index (χ4n) is 1.75. The topological polar surface area (TPSA) is 35.8 Å². The second-order valence-corrected chi connectivity index (χ2v) is 5.43. The molecule has 0 heterocycles. The van der Waals surface area contributed by atoms with Crippen LogP contribution in [0.5, 0.6) is 0 Å². The maximum atomic E-state index is 8.83. The number of benzene rings is 2. The quantitative estimate of drug-likeness (QED) is 0.906. The molecule has 4 heteroatoms. The van der Waals surface area contributed by atoms with Gasteiger partial charge in [-0.25, -0.2) is 0 Å². The van der Waals surface area contributed by atoms with E-state index in [1.807, 2.05) is 36.4 Å². The molecule has 0 saturated carbocycles. The van der Waals surface area contributed by atoms with Crippen molar-refractivity contribution in [2.45, 2.75) is 13.1 Å². The maximum absolute atomic E-state index is 8.83. The van der Waals surface area contributed by atoms with E-state index in [1.165, 1.54) is 0 Å². The van der Waals surface area contributed by atoms with Gasteiger partial charge in [-0.2, -0.15) is 5.26 Å². The van der Waals surface area contributed by atoms with E-state index in [-0.39, 0.29) is 0 Å². The molecule has 96 valence electrons. The van der Waals surface area contributed by atoms with Crippen LogP contribution in [-0.2, 0) is 13.1 Å². The van der Waals surface area contributed by atoms with Crippen LogP contribution in [0.15, 0.2) is 46.9 Å². The average molecular weight is 336 g/mol. The van der Waals surface area contributed by atoms with Gasteiger partial charge in [0, 0.05) is 17.6 Å². The Morgan fingerprint density at radius 1 is 1.11 bits per heavy atom. The van der Waals surface area contributed by atoms with Crippen molar-refractivity contribution in [3.05, 3.63) is 68.7 Å². The van der Waals surface area contributed by atoms with Crippen LogP contribution in [0.1, 0.15) is 16.7 Å². The van der Waals surface area contributed by atoms with Crippen molar-refractivity contribution in [1.82, 2.24) is 5.32 Å². The number of nitrogens with zero attached hydrogens (tertiary/aromatic N) is 1. The normalized spacial score (nSPS) is 10.2. The van der Waals surface area contributed by atoms with Gasteiger partial charge < -0.3 is 5.32 Å². The van der Waals surface area contributed by atoms with Crippen molar-refractivity contribution < 1.29 is 0 Å². The SMILES string of the molecule is N#Cc1cccc(CNCc2ccc(Br)c(Cl)c2)c1. The number of hydrogen-bond donors (Lipinski definition) is 1. The Balaban J connectivity index is 1.92. The fraction of sp³-hybridized carbons (Fsp3) is 0.133. The van der Waals surface area contributed by atoms with E-state index >= 15 is 0 Å². The van der Waals surface area contributed by atoms with Crippen molar-refractivity contribution in [3.63, 3.8) is 0 Å². The molecule has 0 unspecified atom stereocenters. The summed E-state index contributed by atoms with van der Waals surface area (Å²) >= 11 is 9.41. The second-order valence-electron chi connectivity index (χ2n) is 4.16. The molecule has 0 saturated heterocycles. The molecule has 0 bridgehead atoms. The number of nitrogens with one attached hydrogen (secondary N) is 1. The lowest BCUT2D eigenvalue weighted by atomic mass is 10.1. The number of rotatable bonds is 4. The lowest BCUT2D eigenvalue weighted by Gasteiger charge is -2.06. The molecule has 0 spiro atoms. The van der Waals surface area contributed by atoms with Gasteiger partial charge in [0.2, 0.25) is 0 Å². The Morgan fingerprint density at radius 3 is 2.53 bits per heavy atom. The van der Waals surface area contributed by atoms with E-state index in [4.69, 9.17) is 16.9 Å². The maximum Gasteiger partial charge on any atom is 0.0991 e. The summed E-state index contributed by atoms with van der Waals surface area (Å²) in [5.41, 5.74) is 2.91. The van der Waals surface area contributed by atoms with Crippen molar-refractivity contribution >= 4 is 27.5 Å². The number of nitriles is 1. The third-order valence-corrected chi connectivity index (χ3v) is 3.93. The summed E-state index contributed by atoms with van der Waals surface area (Å²) in [6, 6.07) is 15.6. The van der Waals surface area contributed by atoms with Crippen LogP contribution in [0, 0.1) is 11.3 Å². The first-order valence-electron chi connectivity index (χ1n) is 5.83. The molecule has 0 aliphatic heterocycles. The van der Waals surface area contributed by atoms with Crippen LogP contribution in [0.3, 0.4) is 0 Å². The highest BCUT2D eigenvalue weighted by atomic mass is 79.9. The summed E-state index contributed by atoms with van der Waals surface area (Å²) in [6.07, 6.45) is 0. The highest BCUT2D eigenvalue weighted by Gasteiger charge is 2.00. The van der Waals surface area contributed by atoms with Gasteiger partial charge in [0.25, 0.3) is 0 Å². The van der Waals surface area contributed by atoms with Gasteiger partial charge in [-0.3, -0.25) is 0 Å². The van der Waals surface area contributed by atoms with E-state index in [1.54, 1.807) is 6.07 Å². The zero-order valence-electron chi connectivity index (χ0n) is 10.2. The summed E-state index contributed by atoms with van der Waals surface area (Å²) in [5, 5.41) is 12.9. The molecule has 2 rings (SSSR count). The van der Waals surface area contributed by atoms with E-state index < -0.39 is 0 Å². The van der Waals surface area contributed by atoms with Crippen LogP contribution in [0.2, 0.25) is 5.02 Å². The number of halogens is 2. The van der Waals surface area contributed by atoms with Crippen LogP contribution >= 0.6 is 27.5 Å². The standard InChI is InChI=1S/C15H12BrClN2/c16-14-5-4-13(7-15(14)17)10-19-9-12-3-1-2-11(6-12)8-18/h1-7,19H,9-10H2. The van der Waals surface area contributed by atoms with E-state index in [0.717, 1.165) is 28.7 Å². The molecule has 0 radical (unpaired) electrons. The molecule has 2 nitrogen and oxygen atoms in total. The predicted molar refractivity (Wildman–Crippen MR) is 80.9 cm³/mol. The second kappa shape index (κ2) is 6.72. The molecule has 2 aromatic carbocycles. The van der Waals surface area contributed by atoms with Gasteiger partial charge in [0.15, 0.2) is 0 Å². The smallest absolute Gasteiger partial charge is 0.0991 e. The highest BCUT2D eigenvalue weighted by molar-refractivity contribution is 9.10. The van der Waals surface area contributed by atoms with Crippen LogP contribution in [-0.4, -0.2) is 0 Å². The Morgan fingerprint density at radius 2 is 1.84 bits per heavy atom. The highest BCUT2D eigenvalue weighted by Crippen LogP contribution is 2.23. The first-order chi connectivity index (χ1) is 9.19. The molecule has 0 aromatic heterocycles. The van der Waals surface area contributed by atoms with E-state index in [0.29, 0.717) is 10.6 Å². The summed E-state index contributed by atoms with van der Waals surface area (Å²) in [6.45, 7) is 1.47. The Kier molecular flexibility index (Phi) is 4.98. The third kappa shape index (κ3) is 4.07. The summed E-state index contributed by atoms with van der Waals surface area (Å²) in [5.74, 6) is 0. The van der Waals surface area contributed by atoms with Crippen LogP contribution in [0.4, 0.5) is 0 Å². The minimum Gasteiger partial charge on any atom is -0.309 e. The molecule has 0 aliphatic rings. The monoisotopic (exact) mass is 334 g/mol. The Labute approximate surface area is 126 Å². The van der Waals surface area contributed by atoms with E-state index in [9.17, 15) is 0 Å². The zero-order chi connectivity index (χ0) is 13.7. The molecule has 0 aliphatic carbocycles. The molecular formula is C15H12BrClN2. The minimum absolute atomic E-state index is 0.686. The van der Waals surface area contributed by atoms with Crippen molar-refractivity contribution in [2.24, 2.45) is 0 Å². The van der Waals surface area contributed by atoms with Gasteiger partial charge in [-0.1, -0.05) is 29.8 Å². The molecule has 1 N–H and O–H groups in total. The third-order valence-electron chi connectivity index (χ3n) is 2.70. The zero-order valence-corrected chi connectivity index (χ0v) is 12.5. The summed E-state index contributed by atoms with van der Waals surface area (Å²) in [7, 11) is 0. The van der Waals surface area contributed by atoms with Crippen LogP contribution in [0.25, 0.3) is 0 Å². The van der Waals surface area contributed by atoms with Crippen LogP contribution < -0.4 is 5.32 Å². The minimum atomic E-state index is 0.686. The largest absolute Gasteiger partial charge is 0.309 e. The summed E-state index contributed by atoms with van der Waals surface area (Å²) < 4.78 is 0.902. The molecule has 2 aromatic rings. The molecule has 19 heavy (non-hydrogen) atoms. The molecule has 0 amide bonds. The fourth-order valence-corrected chi connectivity index (χ4v) is 2.20. The van der Waals surface area contributed by atoms with Crippen molar-refractivity contribution in [1.29, 1.82) is 5.26 Å². The Bertz CT molecular complexity index is 620. The van der Waals surface area contributed by atoms with Gasteiger partial charge in [-0.05, 0) is 51.3 Å². The van der Waals surface area contributed by atoms with Crippen molar-refractivity contribution in [3.8, 4) is 6.07 Å². The Hall–Kier alpha value is -1.34. The number of hydrogen-bond acceptors (Lipinski definition) is 2. The van der Waals surface area contributed by atoms with Crippen molar-refractivity contribution in [2.75, 3.05) is 0 Å². The van der Waals surface area contributed by atoms with Gasteiger partial charge >= 0.3 is 0 Å². The molecule has 0 atom stereocenters. The predicted octanol–water partition coefficient (Wildman–Crippen LogP) is 4.26. The lowest BCUT2D eigenvalue weighted by molar-refractivity contribution is 0.693. The summed E-state index contributed by atoms with van der Waals surface area (Å²) in [4.78, 5) is 0. The van der Waals surface area contributed by atoms with Gasteiger partial charge in [0.1, 0.15) is 0 Å².